The van der Waals surface area contributed by atoms with E-state index in [2.05, 4.69) is 6.92 Å². The second kappa shape index (κ2) is 10.4. The SMILES string of the molecule is CCCCCCCC=CC(=O)N1C=CN(c2ccc(OC)cc2)C=C1. The van der Waals surface area contributed by atoms with E-state index in [9.17, 15) is 4.79 Å². The van der Waals surface area contributed by atoms with Crippen molar-refractivity contribution in [3.05, 3.63) is 61.2 Å². The highest BCUT2D eigenvalue weighted by molar-refractivity contribution is 5.89. The molecule has 1 heterocycles. The molecule has 134 valence electrons. The van der Waals surface area contributed by atoms with Crippen molar-refractivity contribution in [1.82, 2.24) is 4.90 Å². The van der Waals surface area contributed by atoms with Crippen LogP contribution in [0.25, 0.3) is 0 Å². The molecular formula is C21H28N2O2. The Hall–Kier alpha value is -2.49. The van der Waals surface area contributed by atoms with Crippen molar-refractivity contribution in [1.29, 1.82) is 0 Å². The van der Waals surface area contributed by atoms with E-state index in [0.29, 0.717) is 0 Å². The van der Waals surface area contributed by atoms with Crippen molar-refractivity contribution in [2.75, 3.05) is 12.0 Å². The molecule has 0 bridgehead atoms. The molecule has 0 saturated heterocycles. The van der Waals surface area contributed by atoms with Crippen molar-refractivity contribution in [3.63, 3.8) is 0 Å². The predicted molar refractivity (Wildman–Crippen MR) is 103 cm³/mol. The highest BCUT2D eigenvalue weighted by Gasteiger charge is 2.10. The molecule has 1 aliphatic heterocycles. The minimum Gasteiger partial charge on any atom is -0.497 e. The van der Waals surface area contributed by atoms with E-state index in [1.54, 1.807) is 30.5 Å². The Balaban J connectivity index is 1.77. The van der Waals surface area contributed by atoms with E-state index < -0.39 is 0 Å². The highest BCUT2D eigenvalue weighted by Crippen LogP contribution is 2.21. The van der Waals surface area contributed by atoms with Crippen LogP contribution in [0.4, 0.5) is 5.69 Å². The van der Waals surface area contributed by atoms with Gasteiger partial charge >= 0.3 is 0 Å². The summed E-state index contributed by atoms with van der Waals surface area (Å²) in [6.45, 7) is 2.22. The average molecular weight is 340 g/mol. The Morgan fingerprint density at radius 1 is 1.00 bits per heavy atom. The van der Waals surface area contributed by atoms with Gasteiger partial charge in [-0.3, -0.25) is 9.69 Å². The summed E-state index contributed by atoms with van der Waals surface area (Å²) < 4.78 is 5.16. The second-order valence-electron chi connectivity index (χ2n) is 6.05. The Morgan fingerprint density at radius 3 is 2.32 bits per heavy atom. The average Bonchev–Trinajstić information content (AvgIpc) is 2.67. The second-order valence-corrected chi connectivity index (χ2v) is 6.05. The van der Waals surface area contributed by atoms with Gasteiger partial charge < -0.3 is 9.64 Å². The first-order valence-electron chi connectivity index (χ1n) is 9.02. The van der Waals surface area contributed by atoms with Crippen LogP contribution in [0.5, 0.6) is 5.75 Å². The number of nitrogens with zero attached hydrogens (tertiary/aromatic N) is 2. The number of rotatable bonds is 9. The zero-order valence-electron chi connectivity index (χ0n) is 15.2. The molecule has 0 radical (unpaired) electrons. The standard InChI is InChI=1S/C21H28N2O2/c1-3-4-5-6-7-8-9-10-21(24)23-17-15-22(16-18-23)19-11-13-20(25-2)14-12-19/h9-18H,3-8H2,1-2H3. The molecule has 0 fully saturated rings. The van der Waals surface area contributed by atoms with Crippen molar-refractivity contribution in [3.8, 4) is 5.75 Å². The van der Waals surface area contributed by atoms with Crippen LogP contribution < -0.4 is 9.64 Å². The quantitative estimate of drug-likeness (QED) is 0.457. The van der Waals surface area contributed by atoms with E-state index in [4.69, 9.17) is 4.74 Å². The van der Waals surface area contributed by atoms with Gasteiger partial charge in [-0.25, -0.2) is 0 Å². The highest BCUT2D eigenvalue weighted by atomic mass is 16.5. The largest absolute Gasteiger partial charge is 0.497 e. The van der Waals surface area contributed by atoms with Gasteiger partial charge in [-0.1, -0.05) is 38.7 Å². The monoisotopic (exact) mass is 340 g/mol. The topological polar surface area (TPSA) is 32.8 Å². The van der Waals surface area contributed by atoms with Crippen LogP contribution in [-0.4, -0.2) is 17.9 Å². The number of allylic oxidation sites excluding steroid dienone is 1. The summed E-state index contributed by atoms with van der Waals surface area (Å²) in [5.74, 6) is 0.806. The molecule has 1 aromatic carbocycles. The number of carbonyl (C=O) groups is 1. The first kappa shape index (κ1) is 18.8. The van der Waals surface area contributed by atoms with Crippen LogP contribution in [0.2, 0.25) is 0 Å². The van der Waals surface area contributed by atoms with Crippen molar-refractivity contribution in [2.45, 2.75) is 45.4 Å². The van der Waals surface area contributed by atoms with Crippen molar-refractivity contribution < 1.29 is 9.53 Å². The lowest BCUT2D eigenvalue weighted by atomic mass is 10.1. The summed E-state index contributed by atoms with van der Waals surface area (Å²) in [6.07, 6.45) is 18.2. The summed E-state index contributed by atoms with van der Waals surface area (Å²) in [5, 5.41) is 0. The lowest BCUT2D eigenvalue weighted by Crippen LogP contribution is -2.23. The number of carbonyl (C=O) groups excluding carboxylic acids is 1. The van der Waals surface area contributed by atoms with Crippen LogP contribution in [0.3, 0.4) is 0 Å². The summed E-state index contributed by atoms with van der Waals surface area (Å²) >= 11 is 0. The van der Waals surface area contributed by atoms with Gasteiger partial charge in [-0.15, -0.1) is 0 Å². The normalized spacial score (nSPS) is 13.7. The number of anilines is 1. The summed E-state index contributed by atoms with van der Waals surface area (Å²) in [7, 11) is 1.65. The van der Waals surface area contributed by atoms with Crippen molar-refractivity contribution >= 4 is 11.6 Å². The molecule has 0 saturated carbocycles. The third kappa shape index (κ3) is 6.14. The zero-order chi connectivity index (χ0) is 17.9. The number of methoxy groups -OCH3 is 1. The molecule has 0 aromatic heterocycles. The Bertz CT molecular complexity index is 603. The first-order chi connectivity index (χ1) is 12.2. The van der Waals surface area contributed by atoms with Crippen LogP contribution >= 0.6 is 0 Å². The fraction of sp³-hybridized carbons (Fsp3) is 0.381. The van der Waals surface area contributed by atoms with E-state index in [1.807, 2.05) is 47.6 Å². The van der Waals surface area contributed by atoms with Crippen LogP contribution in [0.15, 0.2) is 61.2 Å². The van der Waals surface area contributed by atoms with Gasteiger partial charge in [0.25, 0.3) is 5.91 Å². The molecule has 1 aliphatic rings. The van der Waals surface area contributed by atoms with Crippen LogP contribution in [-0.2, 0) is 4.79 Å². The maximum Gasteiger partial charge on any atom is 0.254 e. The van der Waals surface area contributed by atoms with Gasteiger partial charge in [0.05, 0.1) is 7.11 Å². The van der Waals surface area contributed by atoms with Crippen LogP contribution in [0.1, 0.15) is 45.4 Å². The maximum atomic E-state index is 12.2. The molecule has 25 heavy (non-hydrogen) atoms. The number of hydrogen-bond acceptors (Lipinski definition) is 3. The molecule has 4 nitrogen and oxygen atoms in total. The lowest BCUT2D eigenvalue weighted by molar-refractivity contribution is -0.121. The summed E-state index contributed by atoms with van der Waals surface area (Å²) in [4.78, 5) is 15.7. The molecule has 0 unspecified atom stereocenters. The van der Waals surface area contributed by atoms with Gasteiger partial charge in [-0.2, -0.15) is 0 Å². The molecular weight excluding hydrogens is 312 g/mol. The van der Waals surface area contributed by atoms with Gasteiger partial charge in [0.15, 0.2) is 0 Å². The molecule has 1 aromatic rings. The fourth-order valence-electron chi connectivity index (χ4n) is 2.60. The smallest absolute Gasteiger partial charge is 0.254 e. The number of amides is 1. The van der Waals surface area contributed by atoms with E-state index >= 15 is 0 Å². The lowest BCUT2D eigenvalue weighted by Gasteiger charge is -2.23. The molecule has 0 aliphatic carbocycles. The molecule has 0 spiro atoms. The summed E-state index contributed by atoms with van der Waals surface area (Å²) in [6, 6.07) is 7.78. The number of unbranched alkanes of at least 4 members (excludes halogenated alkanes) is 5. The fourth-order valence-corrected chi connectivity index (χ4v) is 2.60. The minimum absolute atomic E-state index is 0.0181. The first-order valence-corrected chi connectivity index (χ1v) is 9.02. The predicted octanol–water partition coefficient (Wildman–Crippen LogP) is 5.20. The Labute approximate surface area is 151 Å². The molecule has 1 amide bonds. The van der Waals surface area contributed by atoms with E-state index in [-0.39, 0.29) is 5.91 Å². The maximum absolute atomic E-state index is 12.2. The third-order valence-corrected chi connectivity index (χ3v) is 4.14. The molecule has 0 N–H and O–H groups in total. The molecule has 2 rings (SSSR count). The number of hydrogen-bond donors (Lipinski definition) is 0. The molecule has 0 atom stereocenters. The molecule has 4 heteroatoms. The Morgan fingerprint density at radius 2 is 1.68 bits per heavy atom. The number of benzene rings is 1. The van der Waals surface area contributed by atoms with Gasteiger partial charge in [-0.05, 0) is 43.2 Å². The summed E-state index contributed by atoms with van der Waals surface area (Å²) in [5.41, 5.74) is 1.02. The minimum atomic E-state index is -0.0181. The van der Waals surface area contributed by atoms with Crippen LogP contribution in [0, 0.1) is 0 Å². The van der Waals surface area contributed by atoms with E-state index in [1.165, 1.54) is 25.7 Å². The van der Waals surface area contributed by atoms with Gasteiger partial charge in [0.1, 0.15) is 5.75 Å². The number of ether oxygens (including phenoxy) is 1. The van der Waals surface area contributed by atoms with Gasteiger partial charge in [0.2, 0.25) is 0 Å². The third-order valence-electron chi connectivity index (χ3n) is 4.14. The Kier molecular flexibility index (Phi) is 7.83. The zero-order valence-corrected chi connectivity index (χ0v) is 15.2. The van der Waals surface area contributed by atoms with Gasteiger partial charge in [0, 0.05) is 30.5 Å². The van der Waals surface area contributed by atoms with E-state index in [0.717, 1.165) is 24.3 Å². The van der Waals surface area contributed by atoms with Crippen molar-refractivity contribution in [2.24, 2.45) is 0 Å².